The van der Waals surface area contributed by atoms with Gasteiger partial charge in [-0.3, -0.25) is 4.79 Å². The van der Waals surface area contributed by atoms with Crippen LogP contribution in [0.4, 0.5) is 11.6 Å². The van der Waals surface area contributed by atoms with Crippen LogP contribution in [0.1, 0.15) is 28.9 Å². The predicted molar refractivity (Wildman–Crippen MR) is 87.0 cm³/mol. The molecule has 0 unspecified atom stereocenters. The molecule has 1 aromatic carbocycles. The zero-order chi connectivity index (χ0) is 15.8. The molecule has 1 saturated heterocycles. The Hall–Kier alpha value is -2.63. The van der Waals surface area contributed by atoms with E-state index >= 15 is 0 Å². The molecule has 0 radical (unpaired) electrons. The lowest BCUT2D eigenvalue weighted by Crippen LogP contribution is -2.22. The SMILES string of the molecule is COc1cccc(N2Cc3nc(N4CCCC4)ncc3C2=O)c1. The fourth-order valence-corrected chi connectivity index (χ4v) is 3.13. The highest BCUT2D eigenvalue weighted by molar-refractivity contribution is 6.09. The van der Waals surface area contributed by atoms with Crippen molar-refractivity contribution in [1.82, 2.24) is 9.97 Å². The third-order valence-electron chi connectivity index (χ3n) is 4.39. The number of rotatable bonds is 3. The molecule has 2 aromatic rings. The molecule has 0 bridgehead atoms. The Balaban J connectivity index is 1.64. The van der Waals surface area contributed by atoms with E-state index in [1.807, 2.05) is 24.3 Å². The van der Waals surface area contributed by atoms with Crippen molar-refractivity contribution < 1.29 is 9.53 Å². The summed E-state index contributed by atoms with van der Waals surface area (Å²) in [6.07, 6.45) is 4.02. The van der Waals surface area contributed by atoms with Crippen LogP contribution in [0, 0.1) is 0 Å². The maximum Gasteiger partial charge on any atom is 0.262 e. The Labute approximate surface area is 134 Å². The largest absolute Gasteiger partial charge is 0.497 e. The first-order valence-electron chi connectivity index (χ1n) is 7.83. The number of carbonyl (C=O) groups is 1. The number of nitrogens with zero attached hydrogens (tertiary/aromatic N) is 4. The topological polar surface area (TPSA) is 58.6 Å². The summed E-state index contributed by atoms with van der Waals surface area (Å²) in [6.45, 7) is 2.46. The first kappa shape index (κ1) is 14.0. The average molecular weight is 310 g/mol. The number of hydrogen-bond acceptors (Lipinski definition) is 5. The van der Waals surface area contributed by atoms with Gasteiger partial charge in [-0.05, 0) is 25.0 Å². The van der Waals surface area contributed by atoms with Crippen LogP contribution in [0.3, 0.4) is 0 Å². The molecule has 2 aliphatic heterocycles. The average Bonchev–Trinajstić information content (AvgIpc) is 3.23. The van der Waals surface area contributed by atoms with Crippen LogP contribution in [0.15, 0.2) is 30.5 Å². The molecule has 0 N–H and O–H groups in total. The van der Waals surface area contributed by atoms with E-state index < -0.39 is 0 Å². The summed E-state index contributed by atoms with van der Waals surface area (Å²) in [4.78, 5) is 25.5. The van der Waals surface area contributed by atoms with Gasteiger partial charge in [-0.15, -0.1) is 0 Å². The first-order valence-corrected chi connectivity index (χ1v) is 7.83. The summed E-state index contributed by atoms with van der Waals surface area (Å²) in [6, 6.07) is 7.51. The number of aromatic nitrogens is 2. The van der Waals surface area contributed by atoms with E-state index in [0.29, 0.717) is 12.1 Å². The molecule has 1 amide bonds. The Morgan fingerprint density at radius 3 is 2.83 bits per heavy atom. The molecule has 6 nitrogen and oxygen atoms in total. The number of anilines is 2. The number of carbonyl (C=O) groups excluding carboxylic acids is 1. The Morgan fingerprint density at radius 1 is 1.22 bits per heavy atom. The number of benzene rings is 1. The quantitative estimate of drug-likeness (QED) is 0.870. The summed E-state index contributed by atoms with van der Waals surface area (Å²) < 4.78 is 5.24. The highest BCUT2D eigenvalue weighted by Gasteiger charge is 2.31. The van der Waals surface area contributed by atoms with Crippen molar-refractivity contribution in [3.05, 3.63) is 41.7 Å². The van der Waals surface area contributed by atoms with Gasteiger partial charge in [0.1, 0.15) is 5.75 Å². The summed E-state index contributed by atoms with van der Waals surface area (Å²) in [7, 11) is 1.62. The maximum absolute atomic E-state index is 12.6. The minimum atomic E-state index is -0.0544. The van der Waals surface area contributed by atoms with Gasteiger partial charge in [-0.1, -0.05) is 6.07 Å². The lowest BCUT2D eigenvalue weighted by Gasteiger charge is -2.16. The van der Waals surface area contributed by atoms with Gasteiger partial charge >= 0.3 is 0 Å². The maximum atomic E-state index is 12.6. The lowest BCUT2D eigenvalue weighted by atomic mass is 10.2. The highest BCUT2D eigenvalue weighted by Crippen LogP contribution is 2.30. The van der Waals surface area contributed by atoms with Gasteiger partial charge in [0.25, 0.3) is 5.91 Å². The molecule has 4 rings (SSSR count). The van der Waals surface area contributed by atoms with E-state index in [0.717, 1.165) is 36.2 Å². The Kier molecular flexibility index (Phi) is 3.37. The van der Waals surface area contributed by atoms with Crippen LogP contribution in [-0.2, 0) is 6.54 Å². The molecule has 3 heterocycles. The standard InChI is InChI=1S/C17H18N4O2/c1-23-13-6-4-5-12(9-13)21-11-15-14(16(21)22)10-18-17(19-15)20-7-2-3-8-20/h4-6,9-10H,2-3,7-8,11H2,1H3. The number of ether oxygens (including phenoxy) is 1. The number of fused-ring (bicyclic) bond motifs is 1. The van der Waals surface area contributed by atoms with Crippen molar-refractivity contribution in [3.8, 4) is 5.75 Å². The summed E-state index contributed by atoms with van der Waals surface area (Å²) >= 11 is 0. The van der Waals surface area contributed by atoms with Gasteiger partial charge in [0, 0.05) is 31.0 Å². The van der Waals surface area contributed by atoms with Gasteiger partial charge in [0.15, 0.2) is 0 Å². The van der Waals surface area contributed by atoms with Crippen molar-refractivity contribution in [1.29, 1.82) is 0 Å². The zero-order valence-corrected chi connectivity index (χ0v) is 13.0. The molecule has 0 saturated carbocycles. The van der Waals surface area contributed by atoms with E-state index in [1.54, 1.807) is 18.2 Å². The number of amides is 1. The van der Waals surface area contributed by atoms with Crippen LogP contribution in [-0.4, -0.2) is 36.1 Å². The molecule has 0 aliphatic carbocycles. The number of hydrogen-bond donors (Lipinski definition) is 0. The minimum absolute atomic E-state index is 0.0544. The smallest absolute Gasteiger partial charge is 0.262 e. The van der Waals surface area contributed by atoms with Crippen LogP contribution >= 0.6 is 0 Å². The monoisotopic (exact) mass is 310 g/mol. The van der Waals surface area contributed by atoms with E-state index in [9.17, 15) is 4.79 Å². The van der Waals surface area contributed by atoms with Gasteiger partial charge in [0.05, 0.1) is 24.9 Å². The second-order valence-corrected chi connectivity index (χ2v) is 5.82. The third kappa shape index (κ3) is 2.40. The molecular formula is C17H18N4O2. The van der Waals surface area contributed by atoms with Gasteiger partial charge in [0.2, 0.25) is 5.95 Å². The Bertz CT molecular complexity index is 756. The van der Waals surface area contributed by atoms with Crippen LogP contribution in [0.25, 0.3) is 0 Å². The van der Waals surface area contributed by atoms with Gasteiger partial charge in [-0.25, -0.2) is 9.97 Å². The zero-order valence-electron chi connectivity index (χ0n) is 13.0. The molecule has 6 heteroatoms. The normalized spacial score (nSPS) is 16.8. The predicted octanol–water partition coefficient (Wildman–Crippen LogP) is 2.25. The second-order valence-electron chi connectivity index (χ2n) is 5.82. The summed E-state index contributed by atoms with van der Waals surface area (Å²) in [5.74, 6) is 1.41. The fourth-order valence-electron chi connectivity index (χ4n) is 3.13. The van der Waals surface area contributed by atoms with Crippen molar-refractivity contribution in [3.63, 3.8) is 0 Å². The van der Waals surface area contributed by atoms with E-state index in [2.05, 4.69) is 14.9 Å². The molecule has 1 aromatic heterocycles. The summed E-state index contributed by atoms with van der Waals surface area (Å²) in [5.41, 5.74) is 2.21. The molecule has 0 spiro atoms. The molecule has 118 valence electrons. The van der Waals surface area contributed by atoms with Crippen molar-refractivity contribution in [2.24, 2.45) is 0 Å². The van der Waals surface area contributed by atoms with Gasteiger partial charge in [-0.2, -0.15) is 0 Å². The summed E-state index contributed by atoms with van der Waals surface area (Å²) in [5, 5.41) is 0. The molecule has 2 aliphatic rings. The first-order chi connectivity index (χ1) is 11.3. The van der Waals surface area contributed by atoms with E-state index in [4.69, 9.17) is 4.74 Å². The van der Waals surface area contributed by atoms with Crippen molar-refractivity contribution in [2.75, 3.05) is 30.0 Å². The number of methoxy groups -OCH3 is 1. The van der Waals surface area contributed by atoms with Crippen LogP contribution in [0.2, 0.25) is 0 Å². The van der Waals surface area contributed by atoms with E-state index in [-0.39, 0.29) is 5.91 Å². The van der Waals surface area contributed by atoms with Gasteiger partial charge < -0.3 is 14.5 Å². The van der Waals surface area contributed by atoms with Crippen LogP contribution < -0.4 is 14.5 Å². The van der Waals surface area contributed by atoms with Crippen molar-refractivity contribution >= 4 is 17.5 Å². The molecule has 0 atom stereocenters. The Morgan fingerprint density at radius 2 is 2.04 bits per heavy atom. The van der Waals surface area contributed by atoms with Crippen LogP contribution in [0.5, 0.6) is 5.75 Å². The molecule has 1 fully saturated rings. The second kappa shape index (κ2) is 5.53. The van der Waals surface area contributed by atoms with Crippen molar-refractivity contribution in [2.45, 2.75) is 19.4 Å². The highest BCUT2D eigenvalue weighted by atomic mass is 16.5. The minimum Gasteiger partial charge on any atom is -0.497 e. The molecular weight excluding hydrogens is 292 g/mol. The fraction of sp³-hybridized carbons (Fsp3) is 0.353. The van der Waals surface area contributed by atoms with E-state index in [1.165, 1.54) is 12.8 Å². The molecule has 23 heavy (non-hydrogen) atoms. The lowest BCUT2D eigenvalue weighted by molar-refractivity contribution is 0.0996. The third-order valence-corrected chi connectivity index (χ3v) is 4.39.